The molecule has 1 aliphatic heterocycles. The number of carbonyl (C=O) groups excluding carboxylic acids is 2. The first-order chi connectivity index (χ1) is 10.9. The fraction of sp³-hybridized carbons (Fsp3) is 0.467. The van der Waals surface area contributed by atoms with E-state index in [1.807, 2.05) is 0 Å². The first-order valence-corrected chi connectivity index (χ1v) is 7.25. The molecule has 0 aromatic heterocycles. The molecule has 9 heteroatoms. The highest BCUT2D eigenvalue weighted by Gasteiger charge is 2.42. The molecule has 2 rings (SSSR count). The number of alkyl halides is 2. The minimum atomic E-state index is -2.83. The molecule has 3 N–H and O–H groups in total. The van der Waals surface area contributed by atoms with Crippen molar-refractivity contribution in [3.05, 3.63) is 24.3 Å². The fourth-order valence-corrected chi connectivity index (χ4v) is 2.23. The van der Waals surface area contributed by atoms with E-state index < -0.39 is 30.8 Å². The number of benzene rings is 1. The lowest BCUT2D eigenvalue weighted by Crippen LogP contribution is -2.41. The maximum Gasteiger partial charge on any atom is 0.262 e. The van der Waals surface area contributed by atoms with Crippen molar-refractivity contribution in [3.63, 3.8) is 0 Å². The zero-order valence-electron chi connectivity index (χ0n) is 13.1. The number of rotatable bonds is 6. The van der Waals surface area contributed by atoms with E-state index in [-0.39, 0.29) is 31.5 Å². The Morgan fingerprint density at radius 1 is 1.42 bits per heavy atom. The van der Waals surface area contributed by atoms with E-state index in [1.165, 1.54) is 6.92 Å². The summed E-state index contributed by atoms with van der Waals surface area (Å²) in [6.07, 6.45) is -0.488. The quantitative estimate of drug-likeness (QED) is 0.670. The molecule has 1 aromatic carbocycles. The lowest BCUT2D eigenvalue weighted by molar-refractivity contribution is -0.123. The van der Waals surface area contributed by atoms with Crippen LogP contribution in [0.2, 0.25) is 0 Å². The van der Waals surface area contributed by atoms with E-state index in [0.717, 1.165) is 0 Å². The summed E-state index contributed by atoms with van der Waals surface area (Å²) in [4.78, 5) is 22.7. The monoisotopic (exact) mass is 363 g/mol. The van der Waals surface area contributed by atoms with Crippen LogP contribution in [-0.4, -0.2) is 43.5 Å². The van der Waals surface area contributed by atoms with Crippen LogP contribution in [0.4, 0.5) is 14.5 Å². The Balaban J connectivity index is 0.00000288. The predicted octanol–water partition coefficient (Wildman–Crippen LogP) is 1.56. The van der Waals surface area contributed by atoms with Gasteiger partial charge in [0.25, 0.3) is 5.92 Å². The number of hydrogen-bond donors (Lipinski definition) is 3. The molecule has 0 saturated carbocycles. The fourth-order valence-electron chi connectivity index (χ4n) is 2.23. The molecule has 24 heavy (non-hydrogen) atoms. The van der Waals surface area contributed by atoms with Crippen LogP contribution in [-0.2, 0) is 9.59 Å². The Morgan fingerprint density at radius 3 is 2.79 bits per heavy atom. The SMILES string of the molecule is CC(=O)Nc1cccc(OCCNC(=O)C2CC(F)(F)CN2)c1.Cl. The molecule has 0 radical (unpaired) electrons. The molecular weight excluding hydrogens is 344 g/mol. The molecule has 1 aliphatic rings. The third kappa shape index (κ3) is 6.29. The molecule has 1 fully saturated rings. The maximum absolute atomic E-state index is 13.0. The highest BCUT2D eigenvalue weighted by atomic mass is 35.5. The molecule has 1 aromatic rings. The topological polar surface area (TPSA) is 79.5 Å². The molecule has 134 valence electrons. The van der Waals surface area contributed by atoms with Crippen LogP contribution in [0.3, 0.4) is 0 Å². The number of amides is 2. The minimum Gasteiger partial charge on any atom is -0.492 e. The van der Waals surface area contributed by atoms with Crippen LogP contribution in [0.1, 0.15) is 13.3 Å². The van der Waals surface area contributed by atoms with Crippen molar-refractivity contribution in [1.82, 2.24) is 10.6 Å². The lowest BCUT2D eigenvalue weighted by Gasteiger charge is -2.12. The first kappa shape index (κ1) is 20.1. The summed E-state index contributed by atoms with van der Waals surface area (Å²) >= 11 is 0. The van der Waals surface area contributed by atoms with E-state index in [2.05, 4.69) is 16.0 Å². The van der Waals surface area contributed by atoms with Gasteiger partial charge in [0.15, 0.2) is 0 Å². The van der Waals surface area contributed by atoms with Crippen molar-refractivity contribution in [2.24, 2.45) is 0 Å². The van der Waals surface area contributed by atoms with E-state index in [0.29, 0.717) is 11.4 Å². The summed E-state index contributed by atoms with van der Waals surface area (Å²) in [5, 5.41) is 7.67. The highest BCUT2D eigenvalue weighted by molar-refractivity contribution is 5.88. The summed E-state index contributed by atoms with van der Waals surface area (Å²) in [7, 11) is 0. The van der Waals surface area contributed by atoms with Crippen molar-refractivity contribution >= 4 is 29.9 Å². The number of carbonyl (C=O) groups is 2. The van der Waals surface area contributed by atoms with E-state index in [4.69, 9.17) is 4.74 Å². The van der Waals surface area contributed by atoms with Crippen molar-refractivity contribution in [3.8, 4) is 5.75 Å². The minimum absolute atomic E-state index is 0. The number of hydrogen-bond acceptors (Lipinski definition) is 4. The van der Waals surface area contributed by atoms with Crippen LogP contribution in [0, 0.1) is 0 Å². The zero-order chi connectivity index (χ0) is 16.9. The summed E-state index contributed by atoms with van der Waals surface area (Å²) in [6, 6.07) is 5.95. The molecule has 0 aliphatic carbocycles. The van der Waals surface area contributed by atoms with E-state index >= 15 is 0 Å². The Morgan fingerprint density at radius 2 is 2.17 bits per heavy atom. The Hall–Kier alpha value is -1.93. The van der Waals surface area contributed by atoms with Gasteiger partial charge in [-0.05, 0) is 12.1 Å². The van der Waals surface area contributed by atoms with E-state index in [1.54, 1.807) is 24.3 Å². The number of ether oxygens (including phenoxy) is 1. The second-order valence-corrected chi connectivity index (χ2v) is 5.34. The van der Waals surface area contributed by atoms with Crippen LogP contribution in [0.15, 0.2) is 24.3 Å². The van der Waals surface area contributed by atoms with Gasteiger partial charge in [0.1, 0.15) is 12.4 Å². The summed E-state index contributed by atoms with van der Waals surface area (Å²) in [5.41, 5.74) is 0.608. The van der Waals surface area contributed by atoms with Gasteiger partial charge in [-0.25, -0.2) is 8.78 Å². The van der Waals surface area contributed by atoms with Crippen molar-refractivity contribution in [2.75, 3.05) is 25.0 Å². The van der Waals surface area contributed by atoms with E-state index in [9.17, 15) is 18.4 Å². The Kier molecular flexibility index (Phi) is 7.37. The van der Waals surface area contributed by atoms with Gasteiger partial charge in [-0.1, -0.05) is 6.07 Å². The average molecular weight is 364 g/mol. The molecule has 1 saturated heterocycles. The largest absolute Gasteiger partial charge is 0.492 e. The lowest BCUT2D eigenvalue weighted by atomic mass is 10.2. The number of anilines is 1. The van der Waals surface area contributed by atoms with Gasteiger partial charge in [0.2, 0.25) is 11.8 Å². The summed E-state index contributed by atoms with van der Waals surface area (Å²) in [6.45, 7) is 1.33. The van der Waals surface area contributed by atoms with Gasteiger partial charge < -0.3 is 15.4 Å². The van der Waals surface area contributed by atoms with Gasteiger partial charge in [-0.2, -0.15) is 0 Å². The molecule has 1 atom stereocenters. The molecule has 0 bridgehead atoms. The van der Waals surface area contributed by atoms with Crippen LogP contribution >= 0.6 is 12.4 Å². The first-order valence-electron chi connectivity index (χ1n) is 7.25. The van der Waals surface area contributed by atoms with Crippen LogP contribution in [0.25, 0.3) is 0 Å². The standard InChI is InChI=1S/C15H19F2N3O3.ClH/c1-10(21)20-11-3-2-4-12(7-11)23-6-5-18-14(22)13-8-15(16,17)9-19-13;/h2-4,7,13,19H,5-6,8-9H2,1H3,(H,18,22)(H,20,21);1H. The zero-order valence-corrected chi connectivity index (χ0v) is 13.9. The molecule has 1 unspecified atom stereocenters. The summed E-state index contributed by atoms with van der Waals surface area (Å²) in [5.74, 6) is -2.94. The van der Waals surface area contributed by atoms with Gasteiger partial charge >= 0.3 is 0 Å². The van der Waals surface area contributed by atoms with Gasteiger partial charge in [0.05, 0.1) is 19.1 Å². The van der Waals surface area contributed by atoms with Gasteiger partial charge in [-0.3, -0.25) is 14.9 Å². The van der Waals surface area contributed by atoms with Crippen molar-refractivity contribution in [1.29, 1.82) is 0 Å². The predicted molar refractivity (Wildman–Crippen MR) is 87.9 cm³/mol. The molecule has 0 spiro atoms. The molecule has 2 amide bonds. The maximum atomic E-state index is 13.0. The molecule has 6 nitrogen and oxygen atoms in total. The van der Waals surface area contributed by atoms with Gasteiger partial charge in [-0.15, -0.1) is 12.4 Å². The van der Waals surface area contributed by atoms with Gasteiger partial charge in [0, 0.05) is 25.1 Å². The van der Waals surface area contributed by atoms with Crippen LogP contribution < -0.4 is 20.7 Å². The second-order valence-electron chi connectivity index (χ2n) is 5.34. The third-order valence-corrected chi connectivity index (χ3v) is 3.25. The third-order valence-electron chi connectivity index (χ3n) is 3.25. The summed E-state index contributed by atoms with van der Waals surface area (Å²) < 4.78 is 31.4. The molecule has 1 heterocycles. The Labute approximate surface area is 144 Å². The number of halogens is 3. The average Bonchev–Trinajstić information content (AvgIpc) is 2.83. The normalized spacial score (nSPS) is 18.4. The Bertz CT molecular complexity index is 587. The molecular formula is C15H20ClF2N3O3. The van der Waals surface area contributed by atoms with Crippen molar-refractivity contribution in [2.45, 2.75) is 25.3 Å². The smallest absolute Gasteiger partial charge is 0.262 e. The second kappa shape index (κ2) is 8.79. The van der Waals surface area contributed by atoms with Crippen molar-refractivity contribution < 1.29 is 23.1 Å². The highest BCUT2D eigenvalue weighted by Crippen LogP contribution is 2.25. The van der Waals surface area contributed by atoms with Crippen LogP contribution in [0.5, 0.6) is 5.75 Å². The number of nitrogens with one attached hydrogen (secondary N) is 3.